The number of phenols is 1. The molecule has 9 atom stereocenters. The van der Waals surface area contributed by atoms with E-state index in [-0.39, 0.29) is 36.0 Å². The third kappa shape index (κ3) is 9.59. The van der Waals surface area contributed by atoms with Crippen LogP contribution in [0, 0.1) is 17.8 Å². The van der Waals surface area contributed by atoms with Crippen molar-refractivity contribution in [3.63, 3.8) is 0 Å². The first kappa shape index (κ1) is 38.9. The van der Waals surface area contributed by atoms with E-state index in [1.165, 1.54) is 11.1 Å². The van der Waals surface area contributed by atoms with Crippen molar-refractivity contribution in [1.82, 2.24) is 21.1 Å². The lowest BCUT2D eigenvalue weighted by atomic mass is 9.79. The van der Waals surface area contributed by atoms with Gasteiger partial charge in [-0.25, -0.2) is 5.43 Å². The minimum Gasteiger partial charge on any atom is -0.508 e. The van der Waals surface area contributed by atoms with Crippen LogP contribution in [-0.2, 0) is 39.8 Å². The number of nitrogens with zero attached hydrogens (tertiary/aromatic N) is 1. The number of halogens is 1. The lowest BCUT2D eigenvalue weighted by Gasteiger charge is -2.51. The standard InChI is InChI=1S/C38H51IN4O8/c1-22(2)32-35(46)40-29(20-25-11-9-12-26(44)19-25)36(47)43-18-10-13-28(42-43)37(48)49-30(23(3)21-39)14-7-6-8-15-31-24(4)33-27(34(45)41-32)16-17-38(5,50-31)51-33/h6-9,11-12,15,19,21-22,24,27-33,42,44H,10,13-14,16-18,20H2,1-5H3,(H,40,46)(H,41,45)/b7-6+,15-8+,23-21+/t24-,27-,28+,29-,30+,31+,32+,33-,38?/m1/s1. The molecule has 1 aromatic carbocycles. The van der Waals surface area contributed by atoms with Gasteiger partial charge in [-0.3, -0.25) is 24.2 Å². The van der Waals surface area contributed by atoms with E-state index in [1.54, 1.807) is 18.2 Å². The molecule has 0 spiro atoms. The second-order valence-corrected chi connectivity index (χ2v) is 15.2. The van der Waals surface area contributed by atoms with Crippen molar-refractivity contribution in [3.8, 4) is 5.75 Å². The van der Waals surface area contributed by atoms with Crippen LogP contribution in [0.25, 0.3) is 0 Å². The number of fused-ring (bicyclic) bond motifs is 4. The zero-order valence-electron chi connectivity index (χ0n) is 30.0. The Morgan fingerprint density at radius 1 is 1.12 bits per heavy atom. The van der Waals surface area contributed by atoms with Gasteiger partial charge in [-0.15, -0.1) is 0 Å². The Balaban J connectivity index is 1.49. The van der Waals surface area contributed by atoms with Gasteiger partial charge in [-0.05, 0) is 66.4 Å². The van der Waals surface area contributed by atoms with Gasteiger partial charge in [0.25, 0.3) is 5.91 Å². The van der Waals surface area contributed by atoms with Crippen LogP contribution in [0.3, 0.4) is 0 Å². The van der Waals surface area contributed by atoms with E-state index in [0.29, 0.717) is 44.2 Å². The molecule has 5 bridgehead atoms. The molecule has 3 fully saturated rings. The maximum atomic E-state index is 14.2. The Labute approximate surface area is 313 Å². The molecule has 3 saturated heterocycles. The zero-order valence-corrected chi connectivity index (χ0v) is 32.1. The topological polar surface area (TPSA) is 156 Å². The molecule has 0 radical (unpaired) electrons. The Kier molecular flexibility index (Phi) is 13.0. The monoisotopic (exact) mass is 818 g/mol. The summed E-state index contributed by atoms with van der Waals surface area (Å²) >= 11 is 2.13. The van der Waals surface area contributed by atoms with Crippen LogP contribution in [0.1, 0.15) is 72.3 Å². The Bertz CT molecular complexity index is 1550. The first-order valence-electron chi connectivity index (χ1n) is 17.9. The number of allylic oxidation sites excluding steroid dienone is 2. The summed E-state index contributed by atoms with van der Waals surface area (Å²) in [6, 6.07) is 3.72. The molecular formula is C38H51IN4O8. The minimum atomic E-state index is -1.07. The van der Waals surface area contributed by atoms with E-state index in [0.717, 1.165) is 5.57 Å². The SMILES string of the molecule is C/C(=C\I)[C@@H]1C/C=C/C=C/[C@@H]2OC3(C)CC[C@@H](C(=O)N[C@@H](C(C)C)C(=O)N[C@H](Cc4cccc(O)c4)C(=O)N4CCC[C@H](N4)C(=O)O1)[C@H](O3)[C@@H]2C. The molecule has 0 aromatic heterocycles. The average Bonchev–Trinajstić information content (AvgIpc) is 3.10. The van der Waals surface area contributed by atoms with Crippen molar-refractivity contribution in [2.45, 2.75) is 115 Å². The number of phenolic OH excluding ortho intramolecular Hbond substituents is 1. The van der Waals surface area contributed by atoms with Crippen molar-refractivity contribution in [2.24, 2.45) is 17.8 Å². The maximum absolute atomic E-state index is 14.2. The molecule has 1 unspecified atom stereocenters. The summed E-state index contributed by atoms with van der Waals surface area (Å²) < 4.78 is 20.7. The number of aromatic hydroxyl groups is 1. The maximum Gasteiger partial charge on any atom is 0.325 e. The molecule has 12 nitrogen and oxygen atoms in total. The number of benzene rings is 1. The number of ether oxygens (including phenoxy) is 3. The van der Waals surface area contributed by atoms with Crippen LogP contribution in [0.2, 0.25) is 0 Å². The van der Waals surface area contributed by atoms with Crippen LogP contribution in [0.15, 0.2) is 58.2 Å². The third-order valence-electron chi connectivity index (χ3n) is 10.2. The Morgan fingerprint density at radius 2 is 1.90 bits per heavy atom. The van der Waals surface area contributed by atoms with Crippen LogP contribution >= 0.6 is 22.6 Å². The quantitative estimate of drug-likeness (QED) is 0.256. The van der Waals surface area contributed by atoms with Crippen LogP contribution in [-0.4, -0.2) is 82.6 Å². The number of amides is 3. The summed E-state index contributed by atoms with van der Waals surface area (Å²) in [5.41, 5.74) is 4.57. The van der Waals surface area contributed by atoms with Crippen molar-refractivity contribution >= 4 is 46.3 Å². The molecular weight excluding hydrogens is 767 g/mol. The highest BCUT2D eigenvalue weighted by Gasteiger charge is 2.51. The van der Waals surface area contributed by atoms with Gasteiger partial charge in [0.2, 0.25) is 11.8 Å². The summed E-state index contributed by atoms with van der Waals surface area (Å²) in [5, 5.41) is 17.4. The lowest BCUT2D eigenvalue weighted by molar-refractivity contribution is -0.344. The molecule has 0 aliphatic carbocycles. The number of hydrogen-bond donors (Lipinski definition) is 4. The summed E-state index contributed by atoms with van der Waals surface area (Å²) in [7, 11) is 0. The number of hydrogen-bond acceptors (Lipinski definition) is 9. The summed E-state index contributed by atoms with van der Waals surface area (Å²) in [6.07, 6.45) is 9.02. The summed E-state index contributed by atoms with van der Waals surface area (Å²) in [4.78, 5) is 55.7. The van der Waals surface area contributed by atoms with Crippen molar-refractivity contribution < 1.29 is 38.5 Å². The highest BCUT2D eigenvalue weighted by atomic mass is 127. The van der Waals surface area contributed by atoms with Crippen LogP contribution in [0.5, 0.6) is 5.75 Å². The number of nitrogens with one attached hydrogen (secondary N) is 3. The predicted octanol–water partition coefficient (Wildman–Crippen LogP) is 4.37. The predicted molar refractivity (Wildman–Crippen MR) is 199 cm³/mol. The van der Waals surface area contributed by atoms with E-state index < -0.39 is 59.8 Å². The van der Waals surface area contributed by atoms with E-state index in [1.807, 2.05) is 63.0 Å². The molecule has 1 aromatic rings. The molecule has 51 heavy (non-hydrogen) atoms. The Morgan fingerprint density at radius 3 is 2.63 bits per heavy atom. The van der Waals surface area contributed by atoms with Crippen LogP contribution in [0.4, 0.5) is 0 Å². The second-order valence-electron chi connectivity index (χ2n) is 14.6. The fourth-order valence-corrected chi connectivity index (χ4v) is 7.60. The molecule has 4 N–H and O–H groups in total. The van der Waals surface area contributed by atoms with Gasteiger partial charge >= 0.3 is 5.97 Å². The van der Waals surface area contributed by atoms with Crippen molar-refractivity contribution in [3.05, 3.63) is 63.8 Å². The number of rotatable bonds is 4. The van der Waals surface area contributed by atoms with E-state index >= 15 is 0 Å². The van der Waals surface area contributed by atoms with Gasteiger partial charge in [0.1, 0.15) is 30.0 Å². The van der Waals surface area contributed by atoms with Gasteiger partial charge in [0.05, 0.1) is 18.1 Å². The Hall–Kier alpha value is -3.27. The molecule has 13 heteroatoms. The first-order chi connectivity index (χ1) is 24.3. The first-order valence-corrected chi connectivity index (χ1v) is 19.2. The average molecular weight is 819 g/mol. The number of hydrazine groups is 1. The van der Waals surface area contributed by atoms with Crippen molar-refractivity contribution in [2.75, 3.05) is 6.54 Å². The molecule has 278 valence electrons. The second kappa shape index (κ2) is 17.0. The largest absolute Gasteiger partial charge is 0.508 e. The molecule has 0 saturated carbocycles. The third-order valence-corrected chi connectivity index (χ3v) is 11.2. The highest BCUT2D eigenvalue weighted by Crippen LogP contribution is 2.44. The molecule has 5 rings (SSSR count). The molecule has 4 aliphatic rings. The summed E-state index contributed by atoms with van der Waals surface area (Å²) in [6.45, 7) is 9.80. The summed E-state index contributed by atoms with van der Waals surface area (Å²) in [5.74, 6) is -3.51. The molecule has 4 heterocycles. The fourth-order valence-electron chi connectivity index (χ4n) is 7.20. The number of carbonyl (C=O) groups excluding carboxylic acids is 4. The van der Waals surface area contributed by atoms with E-state index in [4.69, 9.17) is 14.2 Å². The van der Waals surface area contributed by atoms with Gasteiger partial charge in [0.15, 0.2) is 5.79 Å². The normalized spacial score (nSPS) is 35.6. The number of carbonyl (C=O) groups is 4. The molecule has 3 amide bonds. The smallest absolute Gasteiger partial charge is 0.325 e. The number of cyclic esters (lactones) is 1. The van der Waals surface area contributed by atoms with E-state index in [2.05, 4.69) is 38.7 Å². The zero-order chi connectivity index (χ0) is 36.9. The molecule has 4 aliphatic heterocycles. The lowest BCUT2D eigenvalue weighted by Crippen LogP contribution is -2.63. The van der Waals surface area contributed by atoms with Gasteiger partial charge < -0.3 is 30.0 Å². The highest BCUT2D eigenvalue weighted by molar-refractivity contribution is 14.1. The van der Waals surface area contributed by atoms with Gasteiger partial charge in [0, 0.05) is 31.7 Å². The van der Waals surface area contributed by atoms with Gasteiger partial charge in [-0.1, -0.05) is 79.8 Å². The fraction of sp³-hybridized carbons (Fsp3) is 0.579. The van der Waals surface area contributed by atoms with E-state index in [9.17, 15) is 24.3 Å². The number of esters is 1. The van der Waals surface area contributed by atoms with Gasteiger partial charge in [-0.2, -0.15) is 0 Å². The minimum absolute atomic E-state index is 0.0297. The van der Waals surface area contributed by atoms with Crippen LogP contribution < -0.4 is 16.1 Å². The van der Waals surface area contributed by atoms with Crippen molar-refractivity contribution in [1.29, 1.82) is 0 Å².